The van der Waals surface area contributed by atoms with Crippen molar-refractivity contribution < 1.29 is 15.0 Å². The highest BCUT2D eigenvalue weighted by molar-refractivity contribution is 6.31. The van der Waals surface area contributed by atoms with Crippen LogP contribution in [0.2, 0.25) is 5.02 Å². The van der Waals surface area contributed by atoms with Gasteiger partial charge in [0.1, 0.15) is 5.69 Å². The molecular formula is C21H22ClN3O3. The van der Waals surface area contributed by atoms with Gasteiger partial charge in [-0.05, 0) is 41.8 Å². The maximum absolute atomic E-state index is 12.9. The highest BCUT2D eigenvalue weighted by atomic mass is 35.5. The molecule has 146 valence electrons. The molecule has 5 N–H and O–H groups in total. The summed E-state index contributed by atoms with van der Waals surface area (Å²) in [6, 6.07) is 14.9. The predicted octanol–water partition coefficient (Wildman–Crippen LogP) is 2.16. The zero-order valence-corrected chi connectivity index (χ0v) is 15.9. The quantitative estimate of drug-likeness (QED) is 0.439. The Hall–Kier alpha value is -2.38. The largest absolute Gasteiger partial charge is 0.394 e. The number of aliphatic hydroxyl groups excluding tert-OH is 2. The van der Waals surface area contributed by atoms with Crippen molar-refractivity contribution in [3.05, 3.63) is 70.4 Å². The summed E-state index contributed by atoms with van der Waals surface area (Å²) in [5, 5.41) is 26.7. The molecule has 1 heterocycles. The van der Waals surface area contributed by atoms with Crippen molar-refractivity contribution in [3.8, 4) is 0 Å². The Bertz CT molecular complexity index is 1000. The molecule has 2 aromatic carbocycles. The van der Waals surface area contributed by atoms with Gasteiger partial charge >= 0.3 is 0 Å². The third-order valence-corrected chi connectivity index (χ3v) is 5.40. The van der Waals surface area contributed by atoms with Crippen LogP contribution in [0.4, 0.5) is 0 Å². The third kappa shape index (κ3) is 3.77. The van der Waals surface area contributed by atoms with Gasteiger partial charge in [-0.3, -0.25) is 4.79 Å². The zero-order chi connectivity index (χ0) is 19.7. The number of carbonyl (C=O) groups is 1. The minimum atomic E-state index is -0.845. The minimum absolute atomic E-state index is 0.139. The number of hydrogen-bond acceptors (Lipinski definition) is 4. The summed E-state index contributed by atoms with van der Waals surface area (Å²) in [6.45, 7) is -0.0667. The van der Waals surface area contributed by atoms with Gasteiger partial charge in [-0.25, -0.2) is 0 Å². The number of rotatable bonds is 6. The lowest BCUT2D eigenvalue weighted by molar-refractivity contribution is 0.0874. The lowest BCUT2D eigenvalue weighted by Gasteiger charge is -2.24. The van der Waals surface area contributed by atoms with Crippen LogP contribution in [0.1, 0.15) is 27.7 Å². The highest BCUT2D eigenvalue weighted by Gasteiger charge is 2.33. The number of benzene rings is 2. The number of amides is 1. The molecule has 0 fully saturated rings. The van der Waals surface area contributed by atoms with Gasteiger partial charge in [0.05, 0.1) is 24.8 Å². The van der Waals surface area contributed by atoms with E-state index in [2.05, 4.69) is 15.6 Å². The van der Waals surface area contributed by atoms with Crippen LogP contribution in [0.3, 0.4) is 0 Å². The van der Waals surface area contributed by atoms with E-state index in [4.69, 9.17) is 16.7 Å². The third-order valence-electron chi connectivity index (χ3n) is 5.16. The predicted molar refractivity (Wildman–Crippen MR) is 109 cm³/mol. The van der Waals surface area contributed by atoms with Crippen molar-refractivity contribution in [2.45, 2.75) is 24.6 Å². The number of carbonyl (C=O) groups excluding carboxylic acids is 1. The molecule has 1 aliphatic carbocycles. The van der Waals surface area contributed by atoms with Crippen LogP contribution >= 0.6 is 11.6 Å². The first-order chi connectivity index (χ1) is 13.5. The molecule has 1 amide bonds. The van der Waals surface area contributed by atoms with Gasteiger partial charge in [-0.2, -0.15) is 0 Å². The maximum Gasteiger partial charge on any atom is 0.268 e. The second kappa shape index (κ2) is 7.93. The van der Waals surface area contributed by atoms with E-state index >= 15 is 0 Å². The van der Waals surface area contributed by atoms with Crippen molar-refractivity contribution in [2.24, 2.45) is 0 Å². The van der Waals surface area contributed by atoms with Crippen LogP contribution < -0.4 is 10.6 Å². The van der Waals surface area contributed by atoms with Crippen LogP contribution in [0.25, 0.3) is 10.9 Å². The topological polar surface area (TPSA) is 97.4 Å². The van der Waals surface area contributed by atoms with Gasteiger partial charge in [0, 0.05) is 22.5 Å². The minimum Gasteiger partial charge on any atom is -0.394 e. The second-order valence-electron chi connectivity index (χ2n) is 7.12. The molecule has 0 bridgehead atoms. The summed E-state index contributed by atoms with van der Waals surface area (Å²) in [5.41, 5.74) is 3.58. The van der Waals surface area contributed by atoms with Crippen molar-refractivity contribution in [1.82, 2.24) is 15.6 Å². The van der Waals surface area contributed by atoms with Gasteiger partial charge < -0.3 is 25.8 Å². The number of fused-ring (bicyclic) bond motifs is 2. The summed E-state index contributed by atoms with van der Waals surface area (Å²) in [7, 11) is 0. The standard InChI is InChI=1S/C21H22ClN3O3/c22-14-5-6-17-13(7-14)9-19(24-17)21(28)25-18-8-12-3-1-2-4-16(12)20(18)23-10-15(27)11-26/h1-7,9,15,18,20,23-24,26-27H,8,10-11H2,(H,25,28)/t15-,18-,20?/m1/s1. The van der Waals surface area contributed by atoms with E-state index in [0.717, 1.165) is 22.0 Å². The average molecular weight is 400 g/mol. The average Bonchev–Trinajstić information content (AvgIpc) is 3.26. The number of nitrogens with one attached hydrogen (secondary N) is 3. The van der Waals surface area contributed by atoms with E-state index in [-0.39, 0.29) is 31.1 Å². The summed E-state index contributed by atoms with van der Waals surface area (Å²) < 4.78 is 0. The molecule has 1 aliphatic rings. The fraction of sp³-hybridized carbons (Fsp3) is 0.286. The molecule has 1 aromatic heterocycles. The van der Waals surface area contributed by atoms with Gasteiger partial charge in [0.2, 0.25) is 0 Å². The molecule has 0 saturated heterocycles. The molecule has 6 nitrogen and oxygen atoms in total. The van der Waals surface area contributed by atoms with Gasteiger partial charge in [0.25, 0.3) is 5.91 Å². The van der Waals surface area contributed by atoms with Crippen LogP contribution in [0.15, 0.2) is 48.5 Å². The van der Waals surface area contributed by atoms with Crippen molar-refractivity contribution in [2.75, 3.05) is 13.2 Å². The normalized spacial score (nSPS) is 19.5. The number of aliphatic hydroxyl groups is 2. The van der Waals surface area contributed by atoms with E-state index in [9.17, 15) is 9.90 Å². The van der Waals surface area contributed by atoms with E-state index < -0.39 is 6.10 Å². The smallest absolute Gasteiger partial charge is 0.268 e. The Morgan fingerprint density at radius 2 is 2.07 bits per heavy atom. The Balaban J connectivity index is 1.53. The van der Waals surface area contributed by atoms with Gasteiger partial charge in [0.15, 0.2) is 0 Å². The first kappa shape index (κ1) is 19.0. The van der Waals surface area contributed by atoms with Crippen molar-refractivity contribution in [1.29, 1.82) is 0 Å². The molecule has 0 spiro atoms. The lowest BCUT2D eigenvalue weighted by atomic mass is 10.1. The van der Waals surface area contributed by atoms with Gasteiger partial charge in [-0.1, -0.05) is 35.9 Å². The van der Waals surface area contributed by atoms with Crippen molar-refractivity contribution >= 4 is 28.4 Å². The van der Waals surface area contributed by atoms with Crippen LogP contribution in [-0.4, -0.2) is 46.4 Å². The van der Waals surface area contributed by atoms with Crippen LogP contribution in [-0.2, 0) is 6.42 Å². The molecule has 7 heteroatoms. The number of aromatic nitrogens is 1. The fourth-order valence-electron chi connectivity index (χ4n) is 3.78. The number of H-pyrrole nitrogens is 1. The van der Waals surface area contributed by atoms with E-state index in [0.29, 0.717) is 17.1 Å². The molecule has 1 unspecified atom stereocenters. The fourth-order valence-corrected chi connectivity index (χ4v) is 3.96. The van der Waals surface area contributed by atoms with Crippen molar-refractivity contribution in [3.63, 3.8) is 0 Å². The van der Waals surface area contributed by atoms with E-state index in [1.807, 2.05) is 36.4 Å². The number of aromatic amines is 1. The van der Waals surface area contributed by atoms with Gasteiger partial charge in [-0.15, -0.1) is 0 Å². The Labute approximate surface area is 167 Å². The summed E-state index contributed by atoms with van der Waals surface area (Å²) in [6.07, 6.45) is -0.150. The highest BCUT2D eigenvalue weighted by Crippen LogP contribution is 2.31. The maximum atomic E-state index is 12.9. The first-order valence-electron chi connectivity index (χ1n) is 9.24. The Morgan fingerprint density at radius 1 is 1.25 bits per heavy atom. The first-order valence-corrected chi connectivity index (χ1v) is 9.62. The molecule has 4 rings (SSSR count). The van der Waals surface area contributed by atoms with E-state index in [1.165, 1.54) is 0 Å². The second-order valence-corrected chi connectivity index (χ2v) is 7.56. The number of hydrogen-bond donors (Lipinski definition) is 5. The number of halogens is 1. The summed E-state index contributed by atoms with van der Waals surface area (Å²) in [4.78, 5) is 16.0. The SMILES string of the molecule is O=C(N[C@@H]1Cc2ccccc2C1NC[C@@H](O)CO)c1cc2cc(Cl)ccc2[nH]1. The monoisotopic (exact) mass is 399 g/mol. The lowest BCUT2D eigenvalue weighted by Crippen LogP contribution is -2.44. The molecule has 28 heavy (non-hydrogen) atoms. The van der Waals surface area contributed by atoms with Crippen LogP contribution in [0.5, 0.6) is 0 Å². The van der Waals surface area contributed by atoms with Crippen LogP contribution in [0, 0.1) is 0 Å². The molecular weight excluding hydrogens is 378 g/mol. The Morgan fingerprint density at radius 3 is 2.89 bits per heavy atom. The summed E-state index contributed by atoms with van der Waals surface area (Å²) in [5.74, 6) is -0.195. The molecule has 0 aliphatic heterocycles. The molecule has 0 radical (unpaired) electrons. The summed E-state index contributed by atoms with van der Waals surface area (Å²) >= 11 is 6.03. The molecule has 3 aromatic rings. The van der Waals surface area contributed by atoms with E-state index in [1.54, 1.807) is 12.1 Å². The zero-order valence-electron chi connectivity index (χ0n) is 15.2. The molecule has 0 saturated carbocycles. The Kier molecular flexibility index (Phi) is 5.37. The molecule has 3 atom stereocenters.